The number of rotatable bonds is 3. The van der Waals surface area contributed by atoms with Crippen LogP contribution in [0.3, 0.4) is 0 Å². The van der Waals surface area contributed by atoms with Gasteiger partial charge < -0.3 is 5.32 Å². The minimum Gasteiger partial charge on any atom is -0.329 e. The van der Waals surface area contributed by atoms with Gasteiger partial charge in [-0.3, -0.25) is 0 Å². The molecule has 1 heterocycles. The quantitative estimate of drug-likeness (QED) is 0.423. The summed E-state index contributed by atoms with van der Waals surface area (Å²) in [5.41, 5.74) is 2.33. The van der Waals surface area contributed by atoms with Gasteiger partial charge in [0, 0.05) is 10.9 Å². The maximum absolute atomic E-state index is 6.14. The van der Waals surface area contributed by atoms with Crippen LogP contribution in [0.4, 0.5) is 10.8 Å². The van der Waals surface area contributed by atoms with E-state index >= 15 is 0 Å². The van der Waals surface area contributed by atoms with Crippen LogP contribution in [-0.2, 0) is 0 Å². The fraction of sp³-hybridized carbons (Fsp3) is 0. The van der Waals surface area contributed by atoms with Crippen molar-refractivity contribution in [3.63, 3.8) is 0 Å². The first-order valence-electron chi connectivity index (χ1n) is 6.16. The minimum atomic E-state index is 0. The molecule has 2 aromatic carbocycles. The summed E-state index contributed by atoms with van der Waals surface area (Å²) in [4.78, 5) is 4.52. The first-order valence-corrected chi connectivity index (χ1v) is 8.56. The molecule has 0 aliphatic heterocycles. The van der Waals surface area contributed by atoms with Gasteiger partial charge in [-0.2, -0.15) is 0 Å². The summed E-state index contributed by atoms with van der Waals surface area (Å²) in [5.74, 6) is 0. The first kappa shape index (κ1) is 18.8. The zero-order valence-corrected chi connectivity index (χ0v) is 16.9. The van der Waals surface area contributed by atoms with Crippen molar-refractivity contribution in [3.05, 3.63) is 61.9 Å². The second-order valence-corrected chi connectivity index (χ2v) is 6.88. The van der Waals surface area contributed by atoms with Gasteiger partial charge in [-0.1, -0.05) is 58.5 Å². The van der Waals surface area contributed by atoms with Gasteiger partial charge in [0.1, 0.15) is 0 Å². The lowest BCUT2D eigenvalue weighted by atomic mass is 10.2. The van der Waals surface area contributed by atoms with Crippen molar-refractivity contribution < 1.29 is 0 Å². The van der Waals surface area contributed by atoms with E-state index in [1.54, 1.807) is 30.3 Å². The number of nitrogens with zero attached hydrogens (tertiary/aromatic N) is 1. The maximum Gasteiger partial charge on any atom is 0.187 e. The van der Waals surface area contributed by atoms with E-state index in [-0.39, 0.29) is 17.0 Å². The van der Waals surface area contributed by atoms with Crippen LogP contribution >= 0.6 is 74.7 Å². The Bertz CT molecular complexity index is 818. The van der Waals surface area contributed by atoms with Gasteiger partial charge in [0.25, 0.3) is 0 Å². The van der Waals surface area contributed by atoms with E-state index < -0.39 is 0 Å². The second-order valence-electron chi connectivity index (χ2n) is 4.39. The van der Waals surface area contributed by atoms with Crippen LogP contribution in [-0.4, -0.2) is 4.98 Å². The topological polar surface area (TPSA) is 24.9 Å². The number of para-hydroxylation sites is 1. The number of nitrogens with one attached hydrogen (secondary N) is 1. The van der Waals surface area contributed by atoms with Crippen molar-refractivity contribution in [2.75, 3.05) is 5.32 Å². The van der Waals surface area contributed by atoms with Crippen LogP contribution in [0.25, 0.3) is 11.3 Å². The van der Waals surface area contributed by atoms with E-state index in [0.29, 0.717) is 30.9 Å². The summed E-state index contributed by atoms with van der Waals surface area (Å²) in [6.45, 7) is 0. The Kier molecular flexibility index (Phi) is 6.60. The van der Waals surface area contributed by atoms with Crippen molar-refractivity contribution in [1.29, 1.82) is 0 Å². The van der Waals surface area contributed by atoms with Crippen molar-refractivity contribution >= 4 is 85.5 Å². The molecule has 0 unspecified atom stereocenters. The first-order chi connectivity index (χ1) is 10.5. The molecule has 0 bridgehead atoms. The van der Waals surface area contributed by atoms with Crippen LogP contribution in [0.1, 0.15) is 0 Å². The number of thiazole rings is 1. The lowest BCUT2D eigenvalue weighted by Crippen LogP contribution is -1.91. The van der Waals surface area contributed by atoms with E-state index in [1.807, 2.05) is 11.4 Å². The highest BCUT2D eigenvalue weighted by Crippen LogP contribution is 2.35. The van der Waals surface area contributed by atoms with Crippen LogP contribution in [0, 0.1) is 0 Å². The molecule has 0 radical (unpaired) electrons. The summed E-state index contributed by atoms with van der Waals surface area (Å²) >= 11 is 25.7. The highest BCUT2D eigenvalue weighted by atomic mass is 79.9. The summed E-state index contributed by atoms with van der Waals surface area (Å²) in [5, 5.41) is 7.85. The molecule has 120 valence electrons. The van der Waals surface area contributed by atoms with Crippen molar-refractivity contribution in [2.45, 2.75) is 0 Å². The molecule has 3 aromatic rings. The number of anilines is 2. The third kappa shape index (κ3) is 4.32. The second kappa shape index (κ2) is 8.06. The lowest BCUT2D eigenvalue weighted by Gasteiger charge is -2.07. The van der Waals surface area contributed by atoms with E-state index in [2.05, 4.69) is 10.3 Å². The highest BCUT2D eigenvalue weighted by Gasteiger charge is 2.10. The minimum absolute atomic E-state index is 0. The highest BCUT2D eigenvalue weighted by molar-refractivity contribution is 8.93. The van der Waals surface area contributed by atoms with Gasteiger partial charge in [0.15, 0.2) is 5.13 Å². The van der Waals surface area contributed by atoms with Gasteiger partial charge in [0.2, 0.25) is 0 Å². The van der Waals surface area contributed by atoms with E-state index in [9.17, 15) is 0 Å². The molecule has 0 amide bonds. The fourth-order valence-electron chi connectivity index (χ4n) is 1.84. The van der Waals surface area contributed by atoms with Gasteiger partial charge >= 0.3 is 0 Å². The van der Waals surface area contributed by atoms with Crippen molar-refractivity contribution in [1.82, 2.24) is 4.98 Å². The third-order valence-electron chi connectivity index (χ3n) is 2.91. The van der Waals surface area contributed by atoms with Gasteiger partial charge in [-0.05, 0) is 24.3 Å². The number of hydrogen-bond donors (Lipinski definition) is 1. The van der Waals surface area contributed by atoms with Gasteiger partial charge in [0.05, 0.1) is 31.5 Å². The summed E-state index contributed by atoms with van der Waals surface area (Å²) in [6, 6.07) is 10.7. The van der Waals surface area contributed by atoms with Crippen LogP contribution < -0.4 is 5.32 Å². The van der Waals surface area contributed by atoms with E-state index in [4.69, 9.17) is 46.4 Å². The molecule has 0 aliphatic carbocycles. The smallest absolute Gasteiger partial charge is 0.187 e. The summed E-state index contributed by atoms with van der Waals surface area (Å²) in [7, 11) is 0. The molecular formula is C15H9BrCl4N2S. The summed E-state index contributed by atoms with van der Waals surface area (Å²) < 4.78 is 0. The zero-order chi connectivity index (χ0) is 15.7. The summed E-state index contributed by atoms with van der Waals surface area (Å²) in [6.07, 6.45) is 0. The van der Waals surface area contributed by atoms with Gasteiger partial charge in [-0.15, -0.1) is 28.3 Å². The average Bonchev–Trinajstić information content (AvgIpc) is 2.95. The number of hydrogen-bond acceptors (Lipinski definition) is 3. The average molecular weight is 471 g/mol. The Morgan fingerprint density at radius 1 is 0.870 bits per heavy atom. The predicted molar refractivity (Wildman–Crippen MR) is 108 cm³/mol. The molecule has 2 nitrogen and oxygen atoms in total. The molecule has 0 aliphatic rings. The number of benzene rings is 2. The number of aromatic nitrogens is 1. The Hall–Kier alpha value is -0.490. The Morgan fingerprint density at radius 2 is 1.57 bits per heavy atom. The third-order valence-corrected chi connectivity index (χ3v) is 5.04. The van der Waals surface area contributed by atoms with Crippen LogP contribution in [0.15, 0.2) is 41.8 Å². The zero-order valence-electron chi connectivity index (χ0n) is 11.3. The van der Waals surface area contributed by atoms with Gasteiger partial charge in [-0.25, -0.2) is 4.98 Å². The van der Waals surface area contributed by atoms with Crippen molar-refractivity contribution in [2.24, 2.45) is 0 Å². The molecule has 0 atom stereocenters. The molecule has 1 N–H and O–H groups in total. The Labute approximate surface area is 168 Å². The molecule has 0 saturated heterocycles. The Balaban J connectivity index is 0.00000192. The van der Waals surface area contributed by atoms with E-state index in [0.717, 1.165) is 11.3 Å². The molecular weight excluding hydrogens is 462 g/mol. The molecule has 3 rings (SSSR count). The molecule has 0 saturated carbocycles. The predicted octanol–water partition coefficient (Wildman–Crippen LogP) is 7.75. The lowest BCUT2D eigenvalue weighted by molar-refractivity contribution is 1.38. The Morgan fingerprint density at radius 3 is 2.22 bits per heavy atom. The largest absolute Gasteiger partial charge is 0.329 e. The molecule has 0 fully saturated rings. The monoisotopic (exact) mass is 468 g/mol. The van der Waals surface area contributed by atoms with Crippen LogP contribution in [0.2, 0.25) is 20.1 Å². The molecule has 8 heteroatoms. The molecule has 23 heavy (non-hydrogen) atoms. The van der Waals surface area contributed by atoms with Crippen molar-refractivity contribution in [3.8, 4) is 11.3 Å². The fourth-order valence-corrected chi connectivity index (χ4v) is 3.36. The van der Waals surface area contributed by atoms with E-state index in [1.165, 1.54) is 11.3 Å². The van der Waals surface area contributed by atoms with Crippen LogP contribution in [0.5, 0.6) is 0 Å². The SMILES string of the molecule is Br.Clc1ccc(-c2csc(Nc3c(Cl)cccc3Cl)n2)cc1Cl. The molecule has 0 spiro atoms. The maximum atomic E-state index is 6.14. The number of halogens is 5. The standard InChI is InChI=1S/C15H8Cl4N2S.BrH/c16-9-5-4-8(6-12(9)19)13-7-22-15(20-13)21-14-10(17)2-1-3-11(14)18;/h1-7H,(H,20,21);1H. The normalized spacial score (nSPS) is 10.3. The molecule has 1 aromatic heterocycles.